The van der Waals surface area contributed by atoms with Gasteiger partial charge in [-0.2, -0.15) is 0 Å². The van der Waals surface area contributed by atoms with E-state index in [-0.39, 0.29) is 11.4 Å². The Morgan fingerprint density at radius 1 is 1.00 bits per heavy atom. The van der Waals surface area contributed by atoms with E-state index in [0.717, 1.165) is 0 Å². The van der Waals surface area contributed by atoms with Crippen LogP contribution in [-0.2, 0) is 10.0 Å². The van der Waals surface area contributed by atoms with Gasteiger partial charge >= 0.3 is 0 Å². The van der Waals surface area contributed by atoms with Gasteiger partial charge in [-0.05, 0) is 38.7 Å². The second-order valence-corrected chi connectivity index (χ2v) is 7.70. The molecule has 0 saturated carbocycles. The highest BCUT2D eigenvalue weighted by Crippen LogP contribution is 2.32. The Morgan fingerprint density at radius 3 is 2.20 bits per heavy atom. The van der Waals surface area contributed by atoms with Crippen LogP contribution >= 0.6 is 0 Å². The maximum atomic E-state index is 13.3. The van der Waals surface area contributed by atoms with Crippen molar-refractivity contribution >= 4 is 21.4 Å². The van der Waals surface area contributed by atoms with Crippen molar-refractivity contribution in [3.05, 3.63) is 64.2 Å². The maximum Gasteiger partial charge on any atom is 0.290 e. The van der Waals surface area contributed by atoms with Crippen molar-refractivity contribution in [1.29, 1.82) is 0 Å². The minimum Gasteiger partial charge on any atom is -0.308 e. The van der Waals surface area contributed by atoms with Gasteiger partial charge in [-0.3, -0.25) is 14.4 Å². The van der Waals surface area contributed by atoms with Crippen molar-refractivity contribution in [3.8, 4) is 0 Å². The van der Waals surface area contributed by atoms with Crippen molar-refractivity contribution in [1.82, 2.24) is 4.90 Å². The van der Waals surface area contributed by atoms with Gasteiger partial charge in [-0.25, -0.2) is 8.42 Å². The molecule has 0 fully saturated rings. The van der Waals surface area contributed by atoms with Crippen molar-refractivity contribution in [2.45, 2.75) is 11.8 Å². The van der Waals surface area contributed by atoms with E-state index in [4.69, 9.17) is 0 Å². The number of sulfonamides is 1. The Balaban J connectivity index is 2.62. The minimum absolute atomic E-state index is 0.185. The normalized spacial score (nSPS) is 11.5. The summed E-state index contributed by atoms with van der Waals surface area (Å²) in [5, 5.41) is 11.4. The lowest BCUT2D eigenvalue weighted by molar-refractivity contribution is -0.387. The Labute approximate surface area is 147 Å². The number of hydrogen-bond acceptors (Lipinski definition) is 5. The highest BCUT2D eigenvalue weighted by Gasteiger charge is 2.33. The zero-order valence-electron chi connectivity index (χ0n) is 14.4. The van der Waals surface area contributed by atoms with Crippen LogP contribution < -0.4 is 4.31 Å². The van der Waals surface area contributed by atoms with Gasteiger partial charge in [0.05, 0.1) is 10.6 Å². The summed E-state index contributed by atoms with van der Waals surface area (Å²) in [6.45, 7) is 2.23. The average molecular weight is 363 g/mol. The second kappa shape index (κ2) is 7.62. The molecule has 25 heavy (non-hydrogen) atoms. The molecule has 0 atom stereocenters. The van der Waals surface area contributed by atoms with E-state index in [1.54, 1.807) is 43.3 Å². The lowest BCUT2D eigenvalue weighted by atomic mass is 10.2. The van der Waals surface area contributed by atoms with E-state index in [1.165, 1.54) is 16.4 Å². The molecule has 2 aromatic rings. The minimum atomic E-state index is -4.09. The first-order chi connectivity index (χ1) is 11.7. The molecule has 0 aliphatic carbocycles. The van der Waals surface area contributed by atoms with E-state index in [0.29, 0.717) is 17.8 Å². The van der Waals surface area contributed by atoms with Crippen molar-refractivity contribution in [2.75, 3.05) is 31.5 Å². The maximum absolute atomic E-state index is 13.3. The first-order valence-corrected chi connectivity index (χ1v) is 9.15. The number of hydrogen-bond donors (Lipinski definition) is 0. The molecule has 0 saturated heterocycles. The summed E-state index contributed by atoms with van der Waals surface area (Å²) in [7, 11) is -0.413. The van der Waals surface area contributed by atoms with E-state index >= 15 is 0 Å². The smallest absolute Gasteiger partial charge is 0.290 e. The monoisotopic (exact) mass is 363 g/mol. The Hall–Kier alpha value is -2.45. The van der Waals surface area contributed by atoms with Gasteiger partial charge < -0.3 is 4.90 Å². The molecule has 0 bridgehead atoms. The number of benzene rings is 2. The summed E-state index contributed by atoms with van der Waals surface area (Å²) < 4.78 is 27.8. The molecule has 0 aliphatic heterocycles. The first kappa shape index (κ1) is 18.9. The zero-order valence-corrected chi connectivity index (χ0v) is 15.2. The third-order valence-corrected chi connectivity index (χ3v) is 5.75. The third kappa shape index (κ3) is 4.15. The van der Waals surface area contributed by atoms with Crippen LogP contribution in [0.15, 0.2) is 53.4 Å². The Bertz CT molecular complexity index is 851. The molecule has 0 amide bonds. The molecular formula is C17H21N3O4S. The highest BCUT2D eigenvalue weighted by molar-refractivity contribution is 7.93. The van der Waals surface area contributed by atoms with Gasteiger partial charge in [0, 0.05) is 19.2 Å². The van der Waals surface area contributed by atoms with Crippen molar-refractivity contribution < 1.29 is 13.3 Å². The zero-order chi connectivity index (χ0) is 18.6. The van der Waals surface area contributed by atoms with E-state index < -0.39 is 20.6 Å². The number of likely N-dealkylation sites (N-methyl/N-ethyl adjacent to an activating group) is 1. The van der Waals surface area contributed by atoms with Crippen LogP contribution in [0.4, 0.5) is 11.4 Å². The largest absolute Gasteiger partial charge is 0.308 e. The standard InChI is InChI=1S/C17H21N3O4S/c1-14-8-7-11-16(20(21)22)17(14)25(23,24)19(13-12-18(2)3)15-9-5-4-6-10-15/h4-11H,12-13H2,1-3H3. The van der Waals surface area contributed by atoms with Crippen LogP contribution in [0, 0.1) is 17.0 Å². The number of nitrogens with zero attached hydrogens (tertiary/aromatic N) is 3. The van der Waals surface area contributed by atoms with E-state index in [2.05, 4.69) is 0 Å². The molecule has 8 heteroatoms. The Kier molecular flexibility index (Phi) is 5.76. The van der Waals surface area contributed by atoms with Crippen LogP contribution in [0.5, 0.6) is 0 Å². The molecule has 0 aromatic heterocycles. The molecule has 0 unspecified atom stereocenters. The first-order valence-electron chi connectivity index (χ1n) is 7.71. The number of nitro groups is 1. The molecular weight excluding hydrogens is 342 g/mol. The Morgan fingerprint density at radius 2 is 1.64 bits per heavy atom. The molecule has 0 spiro atoms. The van der Waals surface area contributed by atoms with Gasteiger partial charge in [-0.1, -0.05) is 30.3 Å². The lowest BCUT2D eigenvalue weighted by Gasteiger charge is -2.26. The number of anilines is 1. The predicted octanol–water partition coefficient (Wildman–Crippen LogP) is 2.66. The van der Waals surface area contributed by atoms with Crippen molar-refractivity contribution in [2.24, 2.45) is 0 Å². The van der Waals surface area contributed by atoms with Crippen LogP contribution in [0.1, 0.15) is 5.56 Å². The third-order valence-electron chi connectivity index (χ3n) is 3.73. The summed E-state index contributed by atoms with van der Waals surface area (Å²) in [4.78, 5) is 12.3. The summed E-state index contributed by atoms with van der Waals surface area (Å²) in [6.07, 6.45) is 0. The molecule has 0 radical (unpaired) electrons. The summed E-state index contributed by atoms with van der Waals surface area (Å²) in [5.74, 6) is 0. The summed E-state index contributed by atoms with van der Waals surface area (Å²) >= 11 is 0. The molecule has 0 N–H and O–H groups in total. The molecule has 2 rings (SSSR count). The van der Waals surface area contributed by atoms with Gasteiger partial charge in [-0.15, -0.1) is 0 Å². The van der Waals surface area contributed by atoms with Crippen LogP contribution in [-0.4, -0.2) is 45.4 Å². The van der Waals surface area contributed by atoms with Gasteiger partial charge in [0.1, 0.15) is 0 Å². The van der Waals surface area contributed by atoms with Crippen molar-refractivity contribution in [3.63, 3.8) is 0 Å². The van der Waals surface area contributed by atoms with Gasteiger partial charge in [0.2, 0.25) is 0 Å². The van der Waals surface area contributed by atoms with E-state index in [1.807, 2.05) is 19.0 Å². The fourth-order valence-corrected chi connectivity index (χ4v) is 4.32. The van der Waals surface area contributed by atoms with Crippen LogP contribution in [0.2, 0.25) is 0 Å². The average Bonchev–Trinajstić information content (AvgIpc) is 2.55. The van der Waals surface area contributed by atoms with E-state index in [9.17, 15) is 18.5 Å². The molecule has 2 aromatic carbocycles. The molecule has 7 nitrogen and oxygen atoms in total. The predicted molar refractivity (Wildman–Crippen MR) is 97.4 cm³/mol. The summed E-state index contributed by atoms with van der Waals surface area (Å²) in [5.41, 5.74) is 0.410. The number of aryl methyl sites for hydroxylation is 1. The molecule has 134 valence electrons. The quantitative estimate of drug-likeness (QED) is 0.558. The number of para-hydroxylation sites is 1. The second-order valence-electron chi connectivity index (χ2n) is 5.90. The van der Waals surface area contributed by atoms with Crippen LogP contribution in [0.3, 0.4) is 0 Å². The van der Waals surface area contributed by atoms with Gasteiger partial charge in [0.25, 0.3) is 15.7 Å². The number of nitro benzene ring substituents is 1. The fourth-order valence-electron chi connectivity index (χ4n) is 2.50. The topological polar surface area (TPSA) is 83.8 Å². The molecule has 0 aliphatic rings. The lowest BCUT2D eigenvalue weighted by Crippen LogP contribution is -2.37. The van der Waals surface area contributed by atoms with Gasteiger partial charge in [0.15, 0.2) is 4.90 Å². The SMILES string of the molecule is Cc1cccc([N+](=O)[O-])c1S(=O)(=O)N(CCN(C)C)c1ccccc1. The van der Waals surface area contributed by atoms with Crippen LogP contribution in [0.25, 0.3) is 0 Å². The fraction of sp³-hybridized carbons (Fsp3) is 0.294. The summed E-state index contributed by atoms with van der Waals surface area (Å²) in [6, 6.07) is 12.9. The highest BCUT2D eigenvalue weighted by atomic mass is 32.2. The number of rotatable bonds is 7. The molecule has 0 heterocycles.